The van der Waals surface area contributed by atoms with Crippen LogP contribution < -0.4 is 10.2 Å². The number of urea groups is 1. The quantitative estimate of drug-likeness (QED) is 0.897. The van der Waals surface area contributed by atoms with Crippen molar-refractivity contribution < 1.29 is 14.3 Å². The number of rotatable bonds is 5. The monoisotopic (exact) mass is 333 g/mol. The van der Waals surface area contributed by atoms with E-state index in [0.717, 1.165) is 16.8 Å². The Kier molecular flexibility index (Phi) is 6.20. The molecule has 1 aromatic carbocycles. The van der Waals surface area contributed by atoms with Gasteiger partial charge in [0, 0.05) is 25.3 Å². The van der Waals surface area contributed by atoms with Crippen LogP contribution in [0.2, 0.25) is 0 Å². The van der Waals surface area contributed by atoms with Gasteiger partial charge in [-0.05, 0) is 51.0 Å². The number of aryl methyl sites for hydroxylation is 2. The SMILES string of the molecule is CCN(CC)C(=O)NCC1CN(c2cc(C)cc(C)c2)C(=O)CO1. The van der Waals surface area contributed by atoms with E-state index < -0.39 is 0 Å². The topological polar surface area (TPSA) is 61.9 Å². The van der Waals surface area contributed by atoms with E-state index in [2.05, 4.69) is 11.4 Å². The molecular weight excluding hydrogens is 306 g/mol. The van der Waals surface area contributed by atoms with Crippen molar-refractivity contribution in [2.75, 3.05) is 37.7 Å². The van der Waals surface area contributed by atoms with Gasteiger partial charge in [0.2, 0.25) is 0 Å². The van der Waals surface area contributed by atoms with Gasteiger partial charge in [0.15, 0.2) is 0 Å². The van der Waals surface area contributed by atoms with Crippen molar-refractivity contribution in [3.05, 3.63) is 29.3 Å². The fourth-order valence-electron chi connectivity index (χ4n) is 2.93. The highest BCUT2D eigenvalue weighted by Crippen LogP contribution is 2.21. The molecule has 24 heavy (non-hydrogen) atoms. The van der Waals surface area contributed by atoms with Crippen molar-refractivity contribution in [1.29, 1.82) is 0 Å². The van der Waals surface area contributed by atoms with Crippen molar-refractivity contribution in [1.82, 2.24) is 10.2 Å². The van der Waals surface area contributed by atoms with Crippen LogP contribution in [-0.2, 0) is 9.53 Å². The molecule has 1 unspecified atom stereocenters. The molecule has 1 heterocycles. The maximum Gasteiger partial charge on any atom is 0.317 e. The van der Waals surface area contributed by atoms with Crippen LogP contribution in [0.25, 0.3) is 0 Å². The van der Waals surface area contributed by atoms with Gasteiger partial charge < -0.3 is 19.9 Å². The Morgan fingerprint density at radius 2 is 1.88 bits per heavy atom. The van der Waals surface area contributed by atoms with Gasteiger partial charge in [-0.3, -0.25) is 4.79 Å². The second kappa shape index (κ2) is 8.15. The number of nitrogens with zero attached hydrogens (tertiary/aromatic N) is 2. The van der Waals surface area contributed by atoms with Crippen LogP contribution in [0.15, 0.2) is 18.2 Å². The van der Waals surface area contributed by atoms with Gasteiger partial charge in [-0.2, -0.15) is 0 Å². The number of nitrogens with one attached hydrogen (secondary N) is 1. The molecule has 6 heteroatoms. The number of carbonyl (C=O) groups excluding carboxylic acids is 2. The smallest absolute Gasteiger partial charge is 0.317 e. The molecule has 1 fully saturated rings. The molecule has 0 aliphatic carbocycles. The van der Waals surface area contributed by atoms with Crippen LogP contribution in [0.5, 0.6) is 0 Å². The second-order valence-corrected chi connectivity index (χ2v) is 6.14. The lowest BCUT2D eigenvalue weighted by Crippen LogP contribution is -2.52. The van der Waals surface area contributed by atoms with Gasteiger partial charge in [-0.25, -0.2) is 4.79 Å². The van der Waals surface area contributed by atoms with Crippen LogP contribution in [0.1, 0.15) is 25.0 Å². The van der Waals surface area contributed by atoms with E-state index in [1.54, 1.807) is 9.80 Å². The summed E-state index contributed by atoms with van der Waals surface area (Å²) in [5.41, 5.74) is 3.13. The van der Waals surface area contributed by atoms with Crippen molar-refractivity contribution in [2.24, 2.45) is 0 Å². The van der Waals surface area contributed by atoms with Crippen LogP contribution in [0, 0.1) is 13.8 Å². The lowest BCUT2D eigenvalue weighted by molar-refractivity contribution is -0.129. The molecule has 3 amide bonds. The minimum atomic E-state index is -0.206. The lowest BCUT2D eigenvalue weighted by Gasteiger charge is -2.33. The first kappa shape index (κ1) is 18.3. The Hall–Kier alpha value is -2.08. The van der Waals surface area contributed by atoms with Crippen molar-refractivity contribution in [3.63, 3.8) is 0 Å². The van der Waals surface area contributed by atoms with Gasteiger partial charge in [-0.1, -0.05) is 6.07 Å². The van der Waals surface area contributed by atoms with Gasteiger partial charge in [0.25, 0.3) is 5.91 Å². The molecule has 1 saturated heterocycles. The van der Waals surface area contributed by atoms with E-state index in [1.165, 1.54) is 0 Å². The van der Waals surface area contributed by atoms with Gasteiger partial charge >= 0.3 is 6.03 Å². The van der Waals surface area contributed by atoms with Crippen molar-refractivity contribution in [2.45, 2.75) is 33.8 Å². The zero-order valence-electron chi connectivity index (χ0n) is 15.0. The second-order valence-electron chi connectivity index (χ2n) is 6.14. The summed E-state index contributed by atoms with van der Waals surface area (Å²) in [5.74, 6) is -0.0497. The first-order valence-corrected chi connectivity index (χ1v) is 8.47. The largest absolute Gasteiger partial charge is 0.365 e. The highest BCUT2D eigenvalue weighted by molar-refractivity contribution is 5.95. The van der Waals surface area contributed by atoms with Gasteiger partial charge in [0.05, 0.1) is 12.6 Å². The van der Waals surface area contributed by atoms with Crippen LogP contribution >= 0.6 is 0 Å². The zero-order chi connectivity index (χ0) is 17.7. The molecule has 1 atom stereocenters. The normalized spacial score (nSPS) is 17.8. The van der Waals surface area contributed by atoms with Gasteiger partial charge in [-0.15, -0.1) is 0 Å². The summed E-state index contributed by atoms with van der Waals surface area (Å²) in [6.45, 7) is 10.1. The fourth-order valence-corrected chi connectivity index (χ4v) is 2.93. The number of benzene rings is 1. The first-order chi connectivity index (χ1) is 11.4. The van der Waals surface area contributed by atoms with E-state index >= 15 is 0 Å². The zero-order valence-corrected chi connectivity index (χ0v) is 15.0. The standard InChI is InChI=1S/C18H27N3O3/c1-5-20(6-2)18(23)19-10-16-11-21(17(22)12-24-16)15-8-13(3)7-14(4)9-15/h7-9,16H,5-6,10-12H2,1-4H3,(H,19,23). The average molecular weight is 333 g/mol. The Morgan fingerprint density at radius 3 is 2.46 bits per heavy atom. The number of hydrogen-bond donors (Lipinski definition) is 1. The Labute approximate surface area is 143 Å². The van der Waals surface area contributed by atoms with Crippen LogP contribution in [0.4, 0.5) is 10.5 Å². The van der Waals surface area contributed by atoms with Crippen LogP contribution in [-0.4, -0.2) is 55.7 Å². The molecule has 0 bridgehead atoms. The summed E-state index contributed by atoms with van der Waals surface area (Å²) in [4.78, 5) is 27.7. The third kappa shape index (κ3) is 4.47. The highest BCUT2D eigenvalue weighted by Gasteiger charge is 2.28. The molecule has 1 aliphatic heterocycles. The van der Waals surface area contributed by atoms with E-state index in [-0.39, 0.29) is 24.6 Å². The maximum absolute atomic E-state index is 12.2. The molecule has 1 aromatic rings. The fraction of sp³-hybridized carbons (Fsp3) is 0.556. The summed E-state index contributed by atoms with van der Waals surface area (Å²) in [6.07, 6.45) is -0.206. The third-order valence-corrected chi connectivity index (χ3v) is 4.18. The lowest BCUT2D eigenvalue weighted by atomic mass is 10.1. The minimum Gasteiger partial charge on any atom is -0.365 e. The Bertz CT molecular complexity index is 579. The molecule has 0 aromatic heterocycles. The van der Waals surface area contributed by atoms with Crippen molar-refractivity contribution in [3.8, 4) is 0 Å². The third-order valence-electron chi connectivity index (χ3n) is 4.18. The van der Waals surface area contributed by atoms with E-state index in [0.29, 0.717) is 26.2 Å². The Balaban J connectivity index is 2.00. The maximum atomic E-state index is 12.2. The summed E-state index contributed by atoms with van der Waals surface area (Å²) < 4.78 is 5.58. The molecule has 0 saturated carbocycles. The molecular formula is C18H27N3O3. The summed E-state index contributed by atoms with van der Waals surface area (Å²) >= 11 is 0. The molecule has 132 valence electrons. The summed E-state index contributed by atoms with van der Waals surface area (Å²) in [5, 5.41) is 2.89. The predicted octanol–water partition coefficient (Wildman–Crippen LogP) is 2.09. The summed E-state index contributed by atoms with van der Waals surface area (Å²) in [7, 11) is 0. The molecule has 0 spiro atoms. The van der Waals surface area contributed by atoms with Crippen LogP contribution in [0.3, 0.4) is 0 Å². The number of amides is 3. The number of ether oxygens (including phenoxy) is 1. The van der Waals surface area contributed by atoms with E-state index in [9.17, 15) is 9.59 Å². The molecule has 1 aliphatic rings. The number of carbonyl (C=O) groups is 2. The number of hydrogen-bond acceptors (Lipinski definition) is 3. The summed E-state index contributed by atoms with van der Waals surface area (Å²) in [6, 6.07) is 5.98. The minimum absolute atomic E-state index is 0.0405. The molecule has 2 rings (SSSR count). The number of morpholine rings is 1. The van der Waals surface area contributed by atoms with E-state index in [4.69, 9.17) is 4.74 Å². The Morgan fingerprint density at radius 1 is 1.25 bits per heavy atom. The predicted molar refractivity (Wildman–Crippen MR) is 94.3 cm³/mol. The highest BCUT2D eigenvalue weighted by atomic mass is 16.5. The first-order valence-electron chi connectivity index (χ1n) is 8.47. The van der Waals surface area contributed by atoms with Gasteiger partial charge in [0.1, 0.15) is 6.61 Å². The average Bonchev–Trinajstić information content (AvgIpc) is 2.54. The molecule has 0 radical (unpaired) electrons. The molecule has 1 N–H and O–H groups in total. The van der Waals surface area contributed by atoms with Crippen molar-refractivity contribution >= 4 is 17.6 Å². The van der Waals surface area contributed by atoms with E-state index in [1.807, 2.05) is 39.8 Å². The number of anilines is 1. The molecule has 6 nitrogen and oxygen atoms in total.